The lowest BCUT2D eigenvalue weighted by atomic mass is 9.98. The predicted molar refractivity (Wildman–Crippen MR) is 298 cm³/mol. The third-order valence-corrected chi connectivity index (χ3v) is 15.0. The SMILES string of the molecule is CCCCCCC/C=C\C/C=C\CCCCCCCCCCCC(=O)OC(COCCCCCCCCCCCCCCCCCCCCCC)COC1OC(COC2OC(CO)C(O)C(O)C2O)C(O)C(O)C1O. The van der Waals surface area contributed by atoms with Gasteiger partial charge in [0.05, 0.1) is 26.4 Å². The highest BCUT2D eigenvalue weighted by atomic mass is 16.7. The number of rotatable bonds is 51. The third-order valence-electron chi connectivity index (χ3n) is 15.0. The van der Waals surface area contributed by atoms with Gasteiger partial charge in [-0.15, -0.1) is 0 Å². The number of carbonyl (C=O) groups is 1. The van der Waals surface area contributed by atoms with Crippen molar-refractivity contribution in [2.75, 3.05) is 33.0 Å². The van der Waals surface area contributed by atoms with Gasteiger partial charge < -0.3 is 64.2 Å². The fourth-order valence-electron chi connectivity index (χ4n) is 9.97. The van der Waals surface area contributed by atoms with E-state index in [0.717, 1.165) is 51.4 Å². The first-order valence-corrected chi connectivity index (χ1v) is 30.9. The van der Waals surface area contributed by atoms with Crippen molar-refractivity contribution in [3.8, 4) is 0 Å². The van der Waals surface area contributed by atoms with Crippen molar-refractivity contribution in [1.29, 1.82) is 0 Å². The molecule has 0 aromatic rings. The molecule has 2 rings (SSSR count). The number of aliphatic hydroxyl groups is 7. The van der Waals surface area contributed by atoms with E-state index >= 15 is 0 Å². The number of carbonyl (C=O) groups excluding carboxylic acids is 1. The quantitative estimate of drug-likeness (QED) is 0.0172. The Morgan fingerprint density at radius 2 is 0.827 bits per heavy atom. The molecule has 2 heterocycles. The summed E-state index contributed by atoms with van der Waals surface area (Å²) in [7, 11) is 0. The molecule has 0 aliphatic carbocycles. The number of esters is 1. The third kappa shape index (κ3) is 35.0. The minimum absolute atomic E-state index is 0.0649. The van der Waals surface area contributed by atoms with Crippen LogP contribution in [0.15, 0.2) is 24.3 Å². The second-order valence-electron chi connectivity index (χ2n) is 21.9. The van der Waals surface area contributed by atoms with Crippen LogP contribution >= 0.6 is 0 Å². The Morgan fingerprint density at radius 1 is 0.440 bits per heavy atom. The van der Waals surface area contributed by atoms with Gasteiger partial charge in [-0.2, -0.15) is 0 Å². The Labute approximate surface area is 456 Å². The molecular formula is C61H114O14. The van der Waals surface area contributed by atoms with Crippen molar-refractivity contribution in [2.45, 2.75) is 325 Å². The molecular weight excluding hydrogens is 957 g/mol. The van der Waals surface area contributed by atoms with Crippen molar-refractivity contribution >= 4 is 5.97 Å². The smallest absolute Gasteiger partial charge is 0.306 e. The molecule has 0 amide bonds. The second kappa shape index (κ2) is 48.4. The molecule has 2 aliphatic rings. The summed E-state index contributed by atoms with van der Waals surface area (Å²) in [6.07, 6.45) is 39.5. The Kier molecular flexibility index (Phi) is 44.9. The molecule has 2 saturated heterocycles. The molecule has 7 N–H and O–H groups in total. The minimum atomic E-state index is -1.71. The zero-order valence-corrected chi connectivity index (χ0v) is 47.6. The molecule has 2 aliphatic heterocycles. The monoisotopic (exact) mass is 1070 g/mol. The van der Waals surface area contributed by atoms with E-state index in [4.69, 9.17) is 28.4 Å². The van der Waals surface area contributed by atoms with Crippen LogP contribution in [0.1, 0.15) is 258 Å². The second-order valence-corrected chi connectivity index (χ2v) is 21.9. The number of hydrogen-bond donors (Lipinski definition) is 7. The first-order chi connectivity index (χ1) is 36.6. The Balaban J connectivity index is 1.69. The van der Waals surface area contributed by atoms with E-state index in [1.165, 1.54) is 180 Å². The molecule has 0 spiro atoms. The van der Waals surface area contributed by atoms with Crippen LogP contribution in [0.3, 0.4) is 0 Å². The Morgan fingerprint density at radius 3 is 1.28 bits per heavy atom. The van der Waals surface area contributed by atoms with E-state index in [9.17, 15) is 40.5 Å². The summed E-state index contributed by atoms with van der Waals surface area (Å²) in [4.78, 5) is 13.1. The molecule has 11 unspecified atom stereocenters. The summed E-state index contributed by atoms with van der Waals surface area (Å²) < 4.78 is 34.5. The van der Waals surface area contributed by atoms with Crippen molar-refractivity contribution in [2.24, 2.45) is 0 Å². The summed E-state index contributed by atoms with van der Waals surface area (Å²) in [6, 6.07) is 0. The molecule has 14 nitrogen and oxygen atoms in total. The van der Waals surface area contributed by atoms with Gasteiger partial charge in [-0.1, -0.05) is 231 Å². The van der Waals surface area contributed by atoms with Gasteiger partial charge in [0.1, 0.15) is 54.9 Å². The maximum atomic E-state index is 13.1. The topological polar surface area (TPSA) is 214 Å². The van der Waals surface area contributed by atoms with Crippen LogP contribution in [0.25, 0.3) is 0 Å². The highest BCUT2D eigenvalue weighted by molar-refractivity contribution is 5.69. The molecule has 0 aromatic heterocycles. The molecule has 442 valence electrons. The fourth-order valence-corrected chi connectivity index (χ4v) is 9.97. The largest absolute Gasteiger partial charge is 0.457 e. The summed E-state index contributed by atoms with van der Waals surface area (Å²) in [6.45, 7) is 3.73. The van der Waals surface area contributed by atoms with Crippen LogP contribution in [-0.4, -0.2) is 142 Å². The van der Waals surface area contributed by atoms with Crippen molar-refractivity contribution in [3.63, 3.8) is 0 Å². The molecule has 0 saturated carbocycles. The van der Waals surface area contributed by atoms with Gasteiger partial charge >= 0.3 is 5.97 Å². The van der Waals surface area contributed by atoms with Crippen LogP contribution in [0, 0.1) is 0 Å². The molecule has 0 aromatic carbocycles. The first kappa shape index (κ1) is 69.6. The highest BCUT2D eigenvalue weighted by Gasteiger charge is 2.47. The maximum absolute atomic E-state index is 13.1. The molecule has 0 bridgehead atoms. The van der Waals surface area contributed by atoms with Crippen LogP contribution < -0.4 is 0 Å². The minimum Gasteiger partial charge on any atom is -0.457 e. The molecule has 14 heteroatoms. The zero-order valence-electron chi connectivity index (χ0n) is 47.6. The van der Waals surface area contributed by atoms with E-state index in [-0.39, 0.29) is 25.6 Å². The van der Waals surface area contributed by atoms with E-state index in [1.807, 2.05) is 0 Å². The number of ether oxygens (including phenoxy) is 6. The standard InChI is InChI=1S/C61H114O14/c1-3-5-7-9-11-13-15-17-19-21-23-25-26-28-30-32-34-36-38-40-42-44-53(63)73-50(47-70-45-43-41-39-37-35-33-31-29-27-24-22-20-18-16-14-12-10-8-6-4-2)48-71-60-59(69)57(67)55(65)52(75-60)49-72-61-58(68)56(66)54(64)51(46-62)74-61/h15,17,21,23,50-52,54-62,64-69H,3-14,16,18-20,22,24-49H2,1-2H3/b17-15-,23-21-. The molecule has 2 fully saturated rings. The zero-order chi connectivity index (χ0) is 54.4. The molecule has 0 radical (unpaired) electrons. The summed E-state index contributed by atoms with van der Waals surface area (Å²) >= 11 is 0. The van der Waals surface area contributed by atoms with Gasteiger partial charge in [0.15, 0.2) is 12.6 Å². The maximum Gasteiger partial charge on any atom is 0.306 e. The van der Waals surface area contributed by atoms with Crippen LogP contribution in [-0.2, 0) is 33.2 Å². The fraction of sp³-hybridized carbons (Fsp3) is 0.918. The van der Waals surface area contributed by atoms with E-state index < -0.39 is 80.7 Å². The van der Waals surface area contributed by atoms with Crippen LogP contribution in [0.5, 0.6) is 0 Å². The Hall–Kier alpha value is -1.53. The van der Waals surface area contributed by atoms with Gasteiger partial charge in [0.25, 0.3) is 0 Å². The average molecular weight is 1070 g/mol. The summed E-state index contributed by atoms with van der Waals surface area (Å²) in [5.41, 5.74) is 0. The summed E-state index contributed by atoms with van der Waals surface area (Å²) in [5.74, 6) is -0.375. The van der Waals surface area contributed by atoms with E-state index in [0.29, 0.717) is 13.0 Å². The van der Waals surface area contributed by atoms with Crippen molar-refractivity contribution in [3.05, 3.63) is 24.3 Å². The van der Waals surface area contributed by atoms with Crippen LogP contribution in [0.2, 0.25) is 0 Å². The van der Waals surface area contributed by atoms with E-state index in [2.05, 4.69) is 38.2 Å². The number of aliphatic hydroxyl groups excluding tert-OH is 7. The van der Waals surface area contributed by atoms with E-state index in [1.54, 1.807) is 0 Å². The van der Waals surface area contributed by atoms with Gasteiger partial charge in [-0.3, -0.25) is 4.79 Å². The first-order valence-electron chi connectivity index (χ1n) is 30.9. The van der Waals surface area contributed by atoms with Gasteiger partial charge in [0, 0.05) is 13.0 Å². The normalized spacial score (nSPS) is 24.7. The number of allylic oxidation sites excluding steroid dienone is 4. The Bertz CT molecular complexity index is 1330. The number of unbranched alkanes of at least 4 members (excludes halogenated alkanes) is 33. The van der Waals surface area contributed by atoms with Crippen LogP contribution in [0.4, 0.5) is 0 Å². The average Bonchev–Trinajstić information content (AvgIpc) is 3.41. The predicted octanol–water partition coefficient (Wildman–Crippen LogP) is 11.5. The lowest BCUT2D eigenvalue weighted by Gasteiger charge is -2.42. The van der Waals surface area contributed by atoms with Gasteiger partial charge in [0.2, 0.25) is 0 Å². The van der Waals surface area contributed by atoms with Crippen molar-refractivity contribution in [1.82, 2.24) is 0 Å². The van der Waals surface area contributed by atoms with Gasteiger partial charge in [-0.05, 0) is 44.9 Å². The van der Waals surface area contributed by atoms with Gasteiger partial charge in [-0.25, -0.2) is 0 Å². The highest BCUT2D eigenvalue weighted by Crippen LogP contribution is 2.27. The molecule has 11 atom stereocenters. The molecule has 75 heavy (non-hydrogen) atoms. The number of hydrogen-bond acceptors (Lipinski definition) is 14. The lowest BCUT2D eigenvalue weighted by molar-refractivity contribution is -0.332. The van der Waals surface area contributed by atoms with Crippen molar-refractivity contribution < 1.29 is 69.0 Å². The summed E-state index contributed by atoms with van der Waals surface area (Å²) in [5, 5.41) is 72.4. The lowest BCUT2D eigenvalue weighted by Crippen LogP contribution is -2.61.